The zero-order chi connectivity index (χ0) is 18.0. The van der Waals surface area contributed by atoms with Crippen LogP contribution in [0.3, 0.4) is 0 Å². The number of carbonyl (C=O) groups is 2. The van der Waals surface area contributed by atoms with E-state index < -0.39 is 0 Å². The molecule has 0 unspecified atom stereocenters. The summed E-state index contributed by atoms with van der Waals surface area (Å²) in [6, 6.07) is 4.27. The molecule has 5 nitrogen and oxygen atoms in total. The second-order valence-corrected chi connectivity index (χ2v) is 7.29. The van der Waals surface area contributed by atoms with Gasteiger partial charge < -0.3 is 14.9 Å². The molecule has 136 valence electrons. The van der Waals surface area contributed by atoms with E-state index in [9.17, 15) is 14.0 Å². The van der Waals surface area contributed by atoms with Gasteiger partial charge >= 0.3 is 0 Å². The highest BCUT2D eigenvalue weighted by Crippen LogP contribution is 2.40. The van der Waals surface area contributed by atoms with Crippen molar-refractivity contribution in [2.75, 3.05) is 32.8 Å². The molecule has 3 rings (SSSR count). The molecule has 1 spiro atoms. The minimum absolute atomic E-state index is 0.0176. The van der Waals surface area contributed by atoms with Crippen LogP contribution in [0.5, 0.6) is 0 Å². The van der Waals surface area contributed by atoms with Crippen LogP contribution in [0.25, 0.3) is 0 Å². The number of aliphatic hydroxyl groups is 1. The first-order chi connectivity index (χ1) is 11.9. The van der Waals surface area contributed by atoms with Crippen LogP contribution >= 0.6 is 0 Å². The summed E-state index contributed by atoms with van der Waals surface area (Å²) >= 11 is 0. The Kier molecular flexibility index (Phi) is 5.08. The van der Waals surface area contributed by atoms with Gasteiger partial charge in [0.2, 0.25) is 5.91 Å². The summed E-state index contributed by atoms with van der Waals surface area (Å²) in [5.41, 5.74) is 1.26. The third-order valence-electron chi connectivity index (χ3n) is 5.65. The second kappa shape index (κ2) is 7.12. The number of likely N-dealkylation sites (tertiary alicyclic amines) is 2. The lowest BCUT2D eigenvalue weighted by Crippen LogP contribution is -2.52. The molecule has 6 heteroatoms. The quantitative estimate of drug-likeness (QED) is 0.908. The summed E-state index contributed by atoms with van der Waals surface area (Å²) in [6.07, 6.45) is 3.08. The Labute approximate surface area is 147 Å². The molecule has 0 atom stereocenters. The summed E-state index contributed by atoms with van der Waals surface area (Å²) in [5.74, 6) is -0.269. The molecule has 2 fully saturated rings. The first-order valence-electron chi connectivity index (χ1n) is 8.88. The van der Waals surface area contributed by atoms with Crippen LogP contribution in [0.2, 0.25) is 0 Å². The average molecular weight is 348 g/mol. The zero-order valence-electron chi connectivity index (χ0n) is 14.6. The Morgan fingerprint density at radius 2 is 2.00 bits per heavy atom. The van der Waals surface area contributed by atoms with Crippen LogP contribution in [0.15, 0.2) is 18.2 Å². The summed E-state index contributed by atoms with van der Waals surface area (Å²) in [7, 11) is 0. The van der Waals surface area contributed by atoms with Crippen molar-refractivity contribution in [3.63, 3.8) is 0 Å². The first kappa shape index (κ1) is 17.9. The number of nitrogens with zero attached hydrogens (tertiary/aromatic N) is 2. The van der Waals surface area contributed by atoms with Gasteiger partial charge in [0, 0.05) is 38.2 Å². The van der Waals surface area contributed by atoms with Gasteiger partial charge in [-0.15, -0.1) is 0 Å². The van der Waals surface area contributed by atoms with Crippen LogP contribution in [0.4, 0.5) is 4.39 Å². The Balaban J connectivity index is 1.65. The maximum atomic E-state index is 13.2. The van der Waals surface area contributed by atoms with Crippen molar-refractivity contribution in [1.29, 1.82) is 0 Å². The molecule has 2 aliphatic rings. The molecular formula is C19H25FN2O3. The Morgan fingerprint density at radius 3 is 2.64 bits per heavy atom. The predicted molar refractivity (Wildman–Crippen MR) is 91.6 cm³/mol. The van der Waals surface area contributed by atoms with Gasteiger partial charge in [-0.25, -0.2) is 4.39 Å². The van der Waals surface area contributed by atoms with E-state index in [1.54, 1.807) is 17.9 Å². The molecule has 0 saturated carbocycles. The highest BCUT2D eigenvalue weighted by Gasteiger charge is 2.41. The number of piperidine rings is 2. The van der Waals surface area contributed by atoms with Gasteiger partial charge in [0.1, 0.15) is 5.82 Å². The fraction of sp³-hybridized carbons (Fsp3) is 0.579. The summed E-state index contributed by atoms with van der Waals surface area (Å²) < 4.78 is 13.2. The van der Waals surface area contributed by atoms with E-state index in [0.717, 1.165) is 19.3 Å². The van der Waals surface area contributed by atoms with Crippen molar-refractivity contribution in [3.05, 3.63) is 35.1 Å². The molecule has 1 aromatic carbocycles. The molecule has 1 aromatic rings. The lowest BCUT2D eigenvalue weighted by atomic mass is 9.72. The molecule has 2 aliphatic heterocycles. The Bertz CT molecular complexity index is 669. The van der Waals surface area contributed by atoms with Crippen LogP contribution < -0.4 is 0 Å². The van der Waals surface area contributed by atoms with Gasteiger partial charge in [0.05, 0.1) is 6.61 Å². The molecule has 2 amide bonds. The predicted octanol–water partition coefficient (Wildman–Crippen LogP) is 1.97. The van der Waals surface area contributed by atoms with E-state index in [-0.39, 0.29) is 29.7 Å². The molecule has 0 aromatic heterocycles. The highest BCUT2D eigenvalue weighted by atomic mass is 19.1. The van der Waals surface area contributed by atoms with Gasteiger partial charge in [-0.2, -0.15) is 0 Å². The Morgan fingerprint density at radius 1 is 1.28 bits per heavy atom. The van der Waals surface area contributed by atoms with Gasteiger partial charge in [0.15, 0.2) is 0 Å². The fourth-order valence-electron chi connectivity index (χ4n) is 4.06. The van der Waals surface area contributed by atoms with Crippen LogP contribution in [-0.2, 0) is 4.79 Å². The number of aryl methyl sites for hydroxylation is 1. The monoisotopic (exact) mass is 348 g/mol. The fourth-order valence-corrected chi connectivity index (χ4v) is 4.06. The van der Waals surface area contributed by atoms with Gasteiger partial charge in [-0.3, -0.25) is 9.59 Å². The smallest absolute Gasteiger partial charge is 0.254 e. The summed E-state index contributed by atoms with van der Waals surface area (Å²) in [4.78, 5) is 28.3. The van der Waals surface area contributed by atoms with Crippen LogP contribution in [-0.4, -0.2) is 59.5 Å². The number of rotatable bonds is 3. The third-order valence-corrected chi connectivity index (χ3v) is 5.65. The van der Waals surface area contributed by atoms with Gasteiger partial charge in [0.25, 0.3) is 5.91 Å². The van der Waals surface area contributed by atoms with E-state index in [0.29, 0.717) is 43.7 Å². The number of benzene rings is 1. The number of hydrogen-bond donors (Lipinski definition) is 1. The normalized spacial score (nSPS) is 20.2. The largest absolute Gasteiger partial charge is 0.395 e. The molecule has 25 heavy (non-hydrogen) atoms. The minimum atomic E-state index is -0.331. The number of amides is 2. The lowest BCUT2D eigenvalue weighted by Gasteiger charge is -2.47. The summed E-state index contributed by atoms with van der Waals surface area (Å²) in [5, 5.41) is 9.14. The molecule has 0 bridgehead atoms. The number of aliphatic hydroxyl groups excluding tert-OH is 1. The van der Waals surface area contributed by atoms with E-state index in [4.69, 9.17) is 5.11 Å². The van der Waals surface area contributed by atoms with Crippen LogP contribution in [0.1, 0.15) is 41.6 Å². The van der Waals surface area contributed by atoms with E-state index in [1.807, 2.05) is 4.90 Å². The van der Waals surface area contributed by atoms with Crippen molar-refractivity contribution in [2.24, 2.45) is 5.41 Å². The Hall–Kier alpha value is -1.95. The van der Waals surface area contributed by atoms with Gasteiger partial charge in [-0.05, 0) is 55.4 Å². The first-order valence-corrected chi connectivity index (χ1v) is 8.88. The van der Waals surface area contributed by atoms with E-state index in [1.165, 1.54) is 12.1 Å². The van der Waals surface area contributed by atoms with Crippen molar-refractivity contribution in [1.82, 2.24) is 9.80 Å². The minimum Gasteiger partial charge on any atom is -0.395 e. The molecule has 2 saturated heterocycles. The SMILES string of the molecule is Cc1cc(F)ccc1C(=O)N1CCC2(CCC(=O)N(CCO)C2)CC1. The number of β-amino-alcohol motifs (C(OH)–C–C–N with tert-alkyl or cyclic N) is 1. The van der Waals surface area contributed by atoms with E-state index in [2.05, 4.69) is 0 Å². The topological polar surface area (TPSA) is 60.9 Å². The van der Waals surface area contributed by atoms with Gasteiger partial charge in [-0.1, -0.05) is 0 Å². The number of halogens is 1. The number of hydrogen-bond acceptors (Lipinski definition) is 3. The maximum absolute atomic E-state index is 13.2. The molecule has 0 radical (unpaired) electrons. The van der Waals surface area contributed by atoms with E-state index >= 15 is 0 Å². The van der Waals surface area contributed by atoms with Crippen molar-refractivity contribution < 1.29 is 19.1 Å². The van der Waals surface area contributed by atoms with Crippen molar-refractivity contribution in [2.45, 2.75) is 32.6 Å². The molecule has 0 aliphatic carbocycles. The molecule has 1 N–H and O–H groups in total. The standard InChI is InChI=1S/C19H25FN2O3/c1-14-12-15(20)2-3-16(14)18(25)21-8-6-19(7-9-21)5-4-17(24)22(13-19)10-11-23/h2-3,12,23H,4-11,13H2,1H3. The molecule has 2 heterocycles. The maximum Gasteiger partial charge on any atom is 0.254 e. The van der Waals surface area contributed by atoms with Crippen LogP contribution in [0, 0.1) is 18.2 Å². The third kappa shape index (κ3) is 3.68. The highest BCUT2D eigenvalue weighted by molar-refractivity contribution is 5.95. The zero-order valence-corrected chi connectivity index (χ0v) is 14.6. The number of carbonyl (C=O) groups excluding carboxylic acids is 2. The lowest BCUT2D eigenvalue weighted by molar-refractivity contribution is -0.139. The summed E-state index contributed by atoms with van der Waals surface area (Å²) in [6.45, 7) is 4.09. The average Bonchev–Trinajstić information content (AvgIpc) is 2.59. The van der Waals surface area contributed by atoms with Crippen molar-refractivity contribution >= 4 is 11.8 Å². The van der Waals surface area contributed by atoms with Crippen molar-refractivity contribution in [3.8, 4) is 0 Å². The second-order valence-electron chi connectivity index (χ2n) is 7.29. The molecular weight excluding hydrogens is 323 g/mol.